The highest BCUT2D eigenvalue weighted by Crippen LogP contribution is 2.42. The summed E-state index contributed by atoms with van der Waals surface area (Å²) in [7, 11) is 0. The Kier molecular flexibility index (Phi) is 4.50. The van der Waals surface area contributed by atoms with Crippen molar-refractivity contribution in [2.45, 2.75) is 38.1 Å². The van der Waals surface area contributed by atoms with Gasteiger partial charge in [0.2, 0.25) is 0 Å². The van der Waals surface area contributed by atoms with Gasteiger partial charge in [0.25, 0.3) is 0 Å². The zero-order chi connectivity index (χ0) is 12.4. The molecule has 1 aromatic rings. The van der Waals surface area contributed by atoms with Crippen LogP contribution in [0.5, 0.6) is 5.75 Å². The number of rotatable bonds is 2. The van der Waals surface area contributed by atoms with Crippen LogP contribution in [0.25, 0.3) is 0 Å². The molecule has 1 aliphatic rings. The third-order valence-electron chi connectivity index (χ3n) is 3.61. The molecular weight excluding hydrogens is 346 g/mol. The first-order valence-corrected chi connectivity index (χ1v) is 7.62. The summed E-state index contributed by atoms with van der Waals surface area (Å²) in [6.07, 6.45) is 6.16. The van der Waals surface area contributed by atoms with Crippen molar-refractivity contribution >= 4 is 31.9 Å². The van der Waals surface area contributed by atoms with Crippen molar-refractivity contribution in [3.8, 4) is 5.75 Å². The van der Waals surface area contributed by atoms with Gasteiger partial charge in [-0.05, 0) is 46.8 Å². The van der Waals surface area contributed by atoms with E-state index in [0.29, 0.717) is 10.4 Å². The average Bonchev–Trinajstić information content (AvgIpc) is 2.35. The van der Waals surface area contributed by atoms with E-state index >= 15 is 0 Å². The molecule has 3 N–H and O–H groups in total. The zero-order valence-corrected chi connectivity index (χ0v) is 12.8. The van der Waals surface area contributed by atoms with E-state index in [1.165, 1.54) is 32.1 Å². The Bertz CT molecular complexity index is 403. The summed E-state index contributed by atoms with van der Waals surface area (Å²) in [5, 5.41) is 10.1. The second-order valence-electron chi connectivity index (χ2n) is 4.72. The number of nitrogens with two attached hydrogens (primary N) is 1. The van der Waals surface area contributed by atoms with Crippen molar-refractivity contribution in [2.24, 2.45) is 11.7 Å². The fourth-order valence-corrected chi connectivity index (χ4v) is 3.53. The Morgan fingerprint density at radius 3 is 2.35 bits per heavy atom. The van der Waals surface area contributed by atoms with E-state index in [4.69, 9.17) is 5.73 Å². The van der Waals surface area contributed by atoms with Gasteiger partial charge in [-0.3, -0.25) is 0 Å². The molecule has 1 fully saturated rings. The monoisotopic (exact) mass is 361 g/mol. The SMILES string of the molecule is N[C@H](c1c(Br)ccc(Br)c1O)C1CCCCC1. The second-order valence-corrected chi connectivity index (χ2v) is 6.42. The Morgan fingerprint density at radius 1 is 1.12 bits per heavy atom. The Morgan fingerprint density at radius 2 is 1.71 bits per heavy atom. The van der Waals surface area contributed by atoms with Gasteiger partial charge in [-0.2, -0.15) is 0 Å². The Hall–Kier alpha value is -0.0600. The molecule has 0 bridgehead atoms. The number of hydrogen-bond donors (Lipinski definition) is 2. The van der Waals surface area contributed by atoms with Crippen LogP contribution < -0.4 is 5.73 Å². The van der Waals surface area contributed by atoms with Gasteiger partial charge in [-0.1, -0.05) is 35.2 Å². The maximum absolute atomic E-state index is 10.1. The smallest absolute Gasteiger partial charge is 0.135 e. The number of hydrogen-bond acceptors (Lipinski definition) is 2. The molecule has 2 nitrogen and oxygen atoms in total. The highest BCUT2D eigenvalue weighted by atomic mass is 79.9. The van der Waals surface area contributed by atoms with Crippen LogP contribution in [0.2, 0.25) is 0 Å². The van der Waals surface area contributed by atoms with E-state index in [-0.39, 0.29) is 11.8 Å². The van der Waals surface area contributed by atoms with Crippen LogP contribution in [-0.4, -0.2) is 5.11 Å². The van der Waals surface area contributed by atoms with Crippen molar-refractivity contribution in [1.29, 1.82) is 0 Å². The van der Waals surface area contributed by atoms with Crippen LogP contribution in [0.4, 0.5) is 0 Å². The molecule has 0 aliphatic heterocycles. The zero-order valence-electron chi connectivity index (χ0n) is 9.63. The van der Waals surface area contributed by atoms with E-state index in [1.54, 1.807) is 0 Å². The van der Waals surface area contributed by atoms with E-state index in [2.05, 4.69) is 31.9 Å². The van der Waals surface area contributed by atoms with Crippen LogP contribution >= 0.6 is 31.9 Å². The van der Waals surface area contributed by atoms with E-state index in [1.807, 2.05) is 12.1 Å². The summed E-state index contributed by atoms with van der Waals surface area (Å²) < 4.78 is 1.61. The number of phenolic OH excluding ortho intramolecular Hbond substituents is 1. The van der Waals surface area contributed by atoms with E-state index < -0.39 is 0 Å². The number of phenols is 1. The minimum absolute atomic E-state index is 0.0813. The third kappa shape index (κ3) is 2.85. The third-order valence-corrected chi connectivity index (χ3v) is 4.94. The normalized spacial score (nSPS) is 19.2. The van der Waals surface area contributed by atoms with Crippen LogP contribution in [0.3, 0.4) is 0 Å². The van der Waals surface area contributed by atoms with Crippen molar-refractivity contribution < 1.29 is 5.11 Å². The predicted octanol–water partition coefficient (Wildman–Crippen LogP) is 4.50. The lowest BCUT2D eigenvalue weighted by Crippen LogP contribution is -2.24. The molecule has 0 spiro atoms. The fraction of sp³-hybridized carbons (Fsp3) is 0.538. The molecule has 4 heteroatoms. The van der Waals surface area contributed by atoms with Crippen molar-refractivity contribution in [3.05, 3.63) is 26.6 Å². The maximum Gasteiger partial charge on any atom is 0.135 e. The molecule has 2 rings (SSSR count). The van der Waals surface area contributed by atoms with E-state index in [9.17, 15) is 5.11 Å². The van der Waals surface area contributed by atoms with Crippen molar-refractivity contribution in [2.75, 3.05) is 0 Å². The Balaban J connectivity index is 2.29. The largest absolute Gasteiger partial charge is 0.506 e. The molecule has 0 saturated heterocycles. The molecule has 1 atom stereocenters. The van der Waals surface area contributed by atoms with Crippen molar-refractivity contribution in [3.63, 3.8) is 0 Å². The van der Waals surface area contributed by atoms with Gasteiger partial charge in [0, 0.05) is 16.1 Å². The molecule has 0 heterocycles. The highest BCUT2D eigenvalue weighted by Gasteiger charge is 2.26. The van der Waals surface area contributed by atoms with E-state index in [0.717, 1.165) is 10.0 Å². The van der Waals surface area contributed by atoms with Gasteiger partial charge >= 0.3 is 0 Å². The number of benzene rings is 1. The van der Waals surface area contributed by atoms with Gasteiger partial charge in [0.1, 0.15) is 5.75 Å². The molecule has 0 unspecified atom stereocenters. The Labute approximate surface area is 119 Å². The molecule has 0 amide bonds. The van der Waals surface area contributed by atoms with Crippen LogP contribution in [0, 0.1) is 5.92 Å². The first kappa shape index (κ1) is 13.4. The average molecular weight is 363 g/mol. The minimum Gasteiger partial charge on any atom is -0.506 e. The first-order chi connectivity index (χ1) is 8.11. The molecule has 94 valence electrons. The molecule has 0 radical (unpaired) electrons. The van der Waals surface area contributed by atoms with Crippen molar-refractivity contribution in [1.82, 2.24) is 0 Å². The quantitative estimate of drug-likeness (QED) is 0.813. The van der Waals surface area contributed by atoms with Crippen LogP contribution in [0.15, 0.2) is 21.1 Å². The van der Waals surface area contributed by atoms with Gasteiger partial charge in [0.05, 0.1) is 4.47 Å². The van der Waals surface area contributed by atoms with Gasteiger partial charge in [0.15, 0.2) is 0 Å². The fourth-order valence-electron chi connectivity index (χ4n) is 2.60. The minimum atomic E-state index is -0.0813. The molecule has 0 aromatic heterocycles. The summed E-state index contributed by atoms with van der Waals surface area (Å²) in [5.41, 5.74) is 7.17. The molecular formula is C13H17Br2NO. The maximum atomic E-state index is 10.1. The van der Waals surface area contributed by atoms with Gasteiger partial charge < -0.3 is 10.8 Å². The molecule has 1 saturated carbocycles. The topological polar surface area (TPSA) is 46.2 Å². The summed E-state index contributed by atoms with van der Waals surface area (Å²) >= 11 is 6.83. The summed E-state index contributed by atoms with van der Waals surface area (Å²) in [5.74, 6) is 0.762. The lowest BCUT2D eigenvalue weighted by molar-refractivity contribution is 0.302. The number of halogens is 2. The highest BCUT2D eigenvalue weighted by molar-refractivity contribution is 9.11. The van der Waals surface area contributed by atoms with Crippen LogP contribution in [0.1, 0.15) is 43.7 Å². The second kappa shape index (κ2) is 5.72. The molecule has 1 aromatic carbocycles. The van der Waals surface area contributed by atoms with Gasteiger partial charge in [-0.15, -0.1) is 0 Å². The molecule has 1 aliphatic carbocycles. The lowest BCUT2D eigenvalue weighted by Gasteiger charge is -2.29. The summed E-state index contributed by atoms with van der Waals surface area (Å²) in [6, 6.07) is 3.68. The van der Waals surface area contributed by atoms with Crippen LogP contribution in [-0.2, 0) is 0 Å². The van der Waals surface area contributed by atoms with Gasteiger partial charge in [-0.25, -0.2) is 0 Å². The number of aromatic hydroxyl groups is 1. The lowest BCUT2D eigenvalue weighted by atomic mass is 9.81. The summed E-state index contributed by atoms with van der Waals surface area (Å²) in [4.78, 5) is 0. The standard InChI is InChI=1S/C13H17Br2NO/c14-9-6-7-10(15)13(17)11(9)12(16)8-4-2-1-3-5-8/h6-8,12,17H,1-5,16H2/t12-/m0/s1. The summed E-state index contributed by atoms with van der Waals surface area (Å²) in [6.45, 7) is 0. The predicted molar refractivity (Wildman–Crippen MR) is 77.0 cm³/mol. The first-order valence-electron chi connectivity index (χ1n) is 6.03. The molecule has 17 heavy (non-hydrogen) atoms.